The zero-order valence-electron chi connectivity index (χ0n) is 51.6. The van der Waals surface area contributed by atoms with Crippen molar-refractivity contribution in [2.75, 3.05) is 14.7 Å². The number of hydrogen-bond acceptors (Lipinski definition) is 4. The molecule has 0 amide bonds. The number of fused-ring (bicyclic) bond motifs is 10. The second-order valence-corrected chi connectivity index (χ2v) is 30.3. The van der Waals surface area contributed by atoms with E-state index in [9.17, 15) is 0 Å². The van der Waals surface area contributed by atoms with E-state index < -0.39 is 0 Å². The van der Waals surface area contributed by atoms with Gasteiger partial charge in [-0.3, -0.25) is 0 Å². The van der Waals surface area contributed by atoms with Crippen molar-refractivity contribution in [3.8, 4) is 11.1 Å². The lowest BCUT2D eigenvalue weighted by atomic mass is 9.33. The molecule has 4 nitrogen and oxygen atoms in total. The molecule has 4 aliphatic rings. The second-order valence-electron chi connectivity index (χ2n) is 30.3. The number of rotatable bonds is 5. The molecule has 81 heavy (non-hydrogen) atoms. The first-order valence-corrected chi connectivity index (χ1v) is 30.2. The smallest absolute Gasteiger partial charge is 0.252 e. The third-order valence-electron chi connectivity index (χ3n) is 19.8. The van der Waals surface area contributed by atoms with Crippen LogP contribution in [0.4, 0.5) is 45.5 Å². The Hall–Kier alpha value is -6.98. The molecular weight excluding hydrogens is 982 g/mol. The van der Waals surface area contributed by atoms with E-state index in [1.165, 1.54) is 96.2 Å². The summed E-state index contributed by atoms with van der Waals surface area (Å²) in [5, 5.41) is 2.33. The highest BCUT2D eigenvalue weighted by molar-refractivity contribution is 7.00. The molecule has 1 fully saturated rings. The van der Waals surface area contributed by atoms with Gasteiger partial charge < -0.3 is 19.1 Å². The molecule has 5 heteroatoms. The fourth-order valence-electron chi connectivity index (χ4n) is 14.6. The minimum atomic E-state index is -0.187. The molecule has 0 radical (unpaired) electrons. The normalized spacial score (nSPS) is 18.8. The van der Waals surface area contributed by atoms with Gasteiger partial charge in [0.05, 0.1) is 16.9 Å². The lowest BCUT2D eigenvalue weighted by molar-refractivity contribution is 0.195. The van der Waals surface area contributed by atoms with Gasteiger partial charge >= 0.3 is 0 Å². The molecule has 412 valence electrons. The standard InChI is InChI=1S/C76H84BN3O/c1-70(2,3)48-25-31-53(32-26-48)78(54-33-27-49(28-34-54)71(4,5)6)55-43-64-68-65(44-55)80-69-59(75(16)37-21-22-38-76(75,80)17)40-52(74(13,14)15)41-61(69)77(68)60-45-58-56-35-29-51(73(10,11)12)42-66(56)81-67(58)46-63(60)79(64)62-36-30-50(72(7,8)9)39-57(62)47-23-19-18-20-24-47/h18-20,23-36,39-46H,21-22,37-38H2,1-17H3. The topological polar surface area (TPSA) is 22.9 Å². The van der Waals surface area contributed by atoms with Crippen molar-refractivity contribution in [3.63, 3.8) is 0 Å². The van der Waals surface area contributed by atoms with Gasteiger partial charge in [-0.25, -0.2) is 0 Å². The van der Waals surface area contributed by atoms with Crippen molar-refractivity contribution in [1.29, 1.82) is 0 Å². The SMILES string of the molecule is CC(C)(C)c1ccc(N(c2ccc(C(C)(C)C)cc2)c2cc3c4c(c2)N2c5c(cc(C(C)(C)C)cc5C5(C)CCCCC25C)B4c2cc4c(cc2N3c2ccc(C(C)(C)C)cc2-c2ccccc2)oc2cc(C(C)(C)C)ccc24)cc1. The molecule has 8 aromatic carbocycles. The summed E-state index contributed by atoms with van der Waals surface area (Å²) in [5.41, 5.74) is 25.7. The maximum absolute atomic E-state index is 7.18. The predicted octanol–water partition coefficient (Wildman–Crippen LogP) is 19.6. The lowest BCUT2D eigenvalue weighted by Gasteiger charge is -2.53. The Balaban J connectivity index is 1.20. The van der Waals surface area contributed by atoms with Crippen LogP contribution in [-0.2, 0) is 32.5 Å². The monoisotopic (exact) mass is 1070 g/mol. The average Bonchev–Trinajstić information content (AvgIpc) is 1.72. The summed E-state index contributed by atoms with van der Waals surface area (Å²) in [5.74, 6) is 0. The summed E-state index contributed by atoms with van der Waals surface area (Å²) in [6, 6.07) is 59.6. The van der Waals surface area contributed by atoms with Gasteiger partial charge in [-0.05, 0) is 157 Å². The Bertz CT molecular complexity index is 3940. The summed E-state index contributed by atoms with van der Waals surface area (Å²) in [6.45, 7) is 40.2. The largest absolute Gasteiger partial charge is 0.456 e. The minimum Gasteiger partial charge on any atom is -0.456 e. The van der Waals surface area contributed by atoms with E-state index >= 15 is 0 Å². The van der Waals surface area contributed by atoms with Crippen LogP contribution in [0.25, 0.3) is 33.1 Å². The Morgan fingerprint density at radius 2 is 0.988 bits per heavy atom. The van der Waals surface area contributed by atoms with Crippen molar-refractivity contribution in [3.05, 3.63) is 185 Å². The number of nitrogens with zero attached hydrogens (tertiary/aromatic N) is 3. The van der Waals surface area contributed by atoms with Crippen LogP contribution >= 0.6 is 0 Å². The maximum Gasteiger partial charge on any atom is 0.252 e. The molecule has 0 N–H and O–H groups in total. The van der Waals surface area contributed by atoms with Gasteiger partial charge in [-0.15, -0.1) is 0 Å². The van der Waals surface area contributed by atoms with E-state index in [1.54, 1.807) is 0 Å². The van der Waals surface area contributed by atoms with E-state index in [2.05, 4.69) is 284 Å². The van der Waals surface area contributed by atoms with E-state index in [0.29, 0.717) is 0 Å². The average molecular weight is 1070 g/mol. The first-order chi connectivity index (χ1) is 38.0. The fraction of sp³-hybridized carbons (Fsp3) is 0.368. The minimum absolute atomic E-state index is 0.00551. The van der Waals surface area contributed by atoms with Crippen LogP contribution in [0.1, 0.15) is 177 Å². The summed E-state index contributed by atoms with van der Waals surface area (Å²) < 4.78 is 7.18. The van der Waals surface area contributed by atoms with Gasteiger partial charge in [0.1, 0.15) is 11.2 Å². The maximum atomic E-state index is 7.18. The number of hydrogen-bond donors (Lipinski definition) is 0. The van der Waals surface area contributed by atoms with Gasteiger partial charge in [-0.2, -0.15) is 0 Å². The highest BCUT2D eigenvalue weighted by Gasteiger charge is 2.62. The van der Waals surface area contributed by atoms with Crippen LogP contribution in [0.5, 0.6) is 0 Å². The predicted molar refractivity (Wildman–Crippen MR) is 349 cm³/mol. The van der Waals surface area contributed by atoms with Crippen molar-refractivity contribution in [1.82, 2.24) is 0 Å². The number of anilines is 8. The Morgan fingerprint density at radius 1 is 0.444 bits per heavy atom. The summed E-state index contributed by atoms with van der Waals surface area (Å²) in [6.07, 6.45) is 4.70. The quantitative estimate of drug-likeness (QED) is 0.160. The van der Waals surface area contributed by atoms with Crippen molar-refractivity contribution < 1.29 is 4.42 Å². The molecule has 4 heterocycles. The Morgan fingerprint density at radius 3 is 1.59 bits per heavy atom. The van der Waals surface area contributed by atoms with Crippen LogP contribution in [0, 0.1) is 0 Å². The van der Waals surface area contributed by atoms with Crippen molar-refractivity contribution in [2.45, 2.75) is 181 Å². The Kier molecular flexibility index (Phi) is 11.7. The fourth-order valence-corrected chi connectivity index (χ4v) is 14.6. The molecule has 0 spiro atoms. The molecule has 13 rings (SSSR count). The van der Waals surface area contributed by atoms with Crippen LogP contribution in [-0.4, -0.2) is 12.3 Å². The van der Waals surface area contributed by atoms with Gasteiger partial charge in [-0.1, -0.05) is 215 Å². The highest BCUT2D eigenvalue weighted by Crippen LogP contribution is 2.63. The zero-order valence-corrected chi connectivity index (χ0v) is 51.6. The van der Waals surface area contributed by atoms with Crippen LogP contribution in [0.15, 0.2) is 156 Å². The van der Waals surface area contributed by atoms with E-state index in [4.69, 9.17) is 4.42 Å². The molecule has 1 aromatic heterocycles. The molecule has 2 atom stereocenters. The summed E-state index contributed by atoms with van der Waals surface area (Å²) in [4.78, 5) is 8.12. The molecule has 2 unspecified atom stereocenters. The summed E-state index contributed by atoms with van der Waals surface area (Å²) in [7, 11) is 0. The van der Waals surface area contributed by atoms with E-state index in [-0.39, 0.29) is 44.7 Å². The molecule has 0 bridgehead atoms. The molecular formula is C76H84BN3O. The van der Waals surface area contributed by atoms with Crippen molar-refractivity contribution >= 4 is 90.5 Å². The van der Waals surface area contributed by atoms with Gasteiger partial charge in [0.15, 0.2) is 0 Å². The van der Waals surface area contributed by atoms with E-state index in [0.717, 1.165) is 57.8 Å². The molecule has 1 aliphatic carbocycles. The first kappa shape index (κ1) is 53.3. The van der Waals surface area contributed by atoms with E-state index in [1.807, 2.05) is 0 Å². The third-order valence-corrected chi connectivity index (χ3v) is 19.8. The third kappa shape index (κ3) is 8.27. The molecule has 0 saturated heterocycles. The van der Waals surface area contributed by atoms with Gasteiger partial charge in [0, 0.05) is 61.9 Å². The van der Waals surface area contributed by atoms with Crippen LogP contribution in [0.2, 0.25) is 0 Å². The molecule has 9 aromatic rings. The highest BCUT2D eigenvalue weighted by atomic mass is 16.3. The zero-order chi connectivity index (χ0) is 57.3. The number of furan rings is 1. The van der Waals surface area contributed by atoms with Crippen LogP contribution in [0.3, 0.4) is 0 Å². The second kappa shape index (κ2) is 17.8. The molecule has 1 saturated carbocycles. The van der Waals surface area contributed by atoms with Crippen molar-refractivity contribution in [2.24, 2.45) is 0 Å². The molecule has 3 aliphatic heterocycles. The van der Waals surface area contributed by atoms with Crippen LogP contribution < -0.4 is 31.1 Å². The first-order valence-electron chi connectivity index (χ1n) is 30.2. The van der Waals surface area contributed by atoms with Gasteiger partial charge in [0.2, 0.25) is 0 Å². The lowest BCUT2D eigenvalue weighted by Crippen LogP contribution is -2.64. The number of benzene rings is 8. The summed E-state index contributed by atoms with van der Waals surface area (Å²) >= 11 is 0. The van der Waals surface area contributed by atoms with Gasteiger partial charge in [0.25, 0.3) is 6.71 Å². The Labute approximate surface area is 484 Å².